The van der Waals surface area contributed by atoms with Crippen LogP contribution in [0.3, 0.4) is 0 Å². The van der Waals surface area contributed by atoms with E-state index in [2.05, 4.69) is 215 Å². The summed E-state index contributed by atoms with van der Waals surface area (Å²) in [6, 6.07) is 65.4. The minimum atomic E-state index is 0.655. The second-order valence-electron chi connectivity index (χ2n) is 17.0. The van der Waals surface area contributed by atoms with Crippen molar-refractivity contribution in [1.82, 2.24) is 23.5 Å². The van der Waals surface area contributed by atoms with E-state index in [1.807, 2.05) is 6.08 Å². The zero-order valence-corrected chi connectivity index (χ0v) is 36.1. The monoisotopic (exact) mass is 847 g/mol. The molecule has 14 aromatic rings. The first-order valence-corrected chi connectivity index (χ1v) is 22.9. The van der Waals surface area contributed by atoms with Gasteiger partial charge in [0.25, 0.3) is 0 Å². The van der Waals surface area contributed by atoms with Crippen molar-refractivity contribution in [3.8, 4) is 22.9 Å². The van der Waals surface area contributed by atoms with Crippen LogP contribution in [0, 0.1) is 6.92 Å². The number of hydrogen-bond donors (Lipinski definition) is 0. The molecular formula is C59H37N5S. The Morgan fingerprint density at radius 1 is 0.523 bits per heavy atom. The molecule has 0 fully saturated rings. The molecule has 0 unspecified atom stereocenters. The maximum absolute atomic E-state index is 5.76. The fourth-order valence-corrected chi connectivity index (χ4v) is 11.8. The van der Waals surface area contributed by atoms with Gasteiger partial charge in [0.15, 0.2) is 0 Å². The van der Waals surface area contributed by atoms with Crippen molar-refractivity contribution < 1.29 is 0 Å². The fraction of sp³-hybridized carbons (Fsp3) is 0.0169. The van der Waals surface area contributed by atoms with E-state index in [4.69, 9.17) is 9.97 Å². The van der Waals surface area contributed by atoms with Gasteiger partial charge in [-0.1, -0.05) is 146 Å². The van der Waals surface area contributed by atoms with E-state index in [0.29, 0.717) is 5.95 Å². The van der Waals surface area contributed by atoms with Crippen LogP contribution in [-0.4, -0.2) is 23.5 Å². The molecule has 0 spiro atoms. The molecule has 0 amide bonds. The number of nitrogens with zero attached hydrogens (tertiary/aromatic N) is 5. The largest absolute Gasteiger partial charge is 0.309 e. The second kappa shape index (κ2) is 13.6. The third-order valence-corrected chi connectivity index (χ3v) is 14.7. The Morgan fingerprint density at radius 2 is 1.15 bits per heavy atom. The lowest BCUT2D eigenvalue weighted by Gasteiger charge is -2.12. The van der Waals surface area contributed by atoms with Crippen LogP contribution in [0.15, 0.2) is 195 Å². The molecule has 6 heterocycles. The summed E-state index contributed by atoms with van der Waals surface area (Å²) in [7, 11) is 0. The molecule has 0 aliphatic heterocycles. The van der Waals surface area contributed by atoms with Crippen LogP contribution in [-0.2, 0) is 0 Å². The summed E-state index contributed by atoms with van der Waals surface area (Å²) in [5, 5.41) is 10.6. The second-order valence-corrected chi connectivity index (χ2v) is 18.0. The van der Waals surface area contributed by atoms with Gasteiger partial charge in [0.1, 0.15) is 4.83 Å². The van der Waals surface area contributed by atoms with Crippen LogP contribution in [0.2, 0.25) is 0 Å². The first-order valence-electron chi connectivity index (χ1n) is 22.0. The van der Waals surface area contributed by atoms with Crippen LogP contribution in [0.25, 0.3) is 126 Å². The Hall–Kier alpha value is -8.32. The Labute approximate surface area is 377 Å². The maximum atomic E-state index is 5.76. The standard InChI is InChI=1S/C59H37N5S/c1-3-36(37-18-6-4-7-19-37)32-50-35(2)45-34-46-41-23-11-15-27-48(41)64(57(46)54-43-24-12-16-28-49(43)63(50)56(45)54)59-60-55(53-44-25-13-17-29-52(44)65-58(53)61-59)38-30-31-42-40-22-10-14-26-47(40)62(51(42)33-38)39-20-8-5-9-21-39/h3-34H,1H2,2H3/b36-32+. The number of fused-ring (bicyclic) bond motifs is 13. The van der Waals surface area contributed by atoms with Gasteiger partial charge in [-0.25, -0.2) is 9.97 Å². The highest BCUT2D eigenvalue weighted by Crippen LogP contribution is 2.47. The van der Waals surface area contributed by atoms with E-state index >= 15 is 0 Å². The molecule has 304 valence electrons. The van der Waals surface area contributed by atoms with Gasteiger partial charge in [-0.3, -0.25) is 4.57 Å². The van der Waals surface area contributed by atoms with Crippen molar-refractivity contribution in [3.05, 3.63) is 211 Å². The zero-order chi connectivity index (χ0) is 42.9. The number of benzene rings is 8. The molecule has 8 aromatic carbocycles. The predicted molar refractivity (Wildman–Crippen MR) is 275 cm³/mol. The molecule has 14 rings (SSSR count). The molecule has 5 nitrogen and oxygen atoms in total. The average molecular weight is 848 g/mol. The van der Waals surface area contributed by atoms with Crippen molar-refractivity contribution in [2.45, 2.75) is 6.92 Å². The normalized spacial score (nSPS) is 12.5. The molecule has 6 aromatic heterocycles. The first-order chi connectivity index (χ1) is 32.1. The molecule has 6 heteroatoms. The molecule has 0 saturated heterocycles. The fourth-order valence-electron chi connectivity index (χ4n) is 10.8. The highest BCUT2D eigenvalue weighted by Gasteiger charge is 2.27. The summed E-state index contributed by atoms with van der Waals surface area (Å²) in [6.07, 6.45) is 4.27. The highest BCUT2D eigenvalue weighted by atomic mass is 32.1. The summed E-state index contributed by atoms with van der Waals surface area (Å²) in [6.45, 7) is 6.52. The summed E-state index contributed by atoms with van der Waals surface area (Å²) in [4.78, 5) is 12.3. The number of aryl methyl sites for hydroxylation is 1. The molecule has 65 heavy (non-hydrogen) atoms. The zero-order valence-electron chi connectivity index (χ0n) is 35.3. The Morgan fingerprint density at radius 3 is 1.92 bits per heavy atom. The van der Waals surface area contributed by atoms with Gasteiger partial charge in [-0.2, -0.15) is 0 Å². The topological polar surface area (TPSA) is 40.0 Å². The summed E-state index contributed by atoms with van der Waals surface area (Å²) in [5.41, 5.74) is 14.6. The van der Waals surface area contributed by atoms with E-state index in [1.54, 1.807) is 11.3 Å². The van der Waals surface area contributed by atoms with E-state index in [0.717, 1.165) is 71.4 Å². The molecule has 0 aliphatic carbocycles. The van der Waals surface area contributed by atoms with Crippen molar-refractivity contribution >= 4 is 114 Å². The van der Waals surface area contributed by atoms with Crippen molar-refractivity contribution in [3.63, 3.8) is 0 Å². The number of allylic oxidation sites excluding steroid dienone is 2. The van der Waals surface area contributed by atoms with Crippen LogP contribution in [0.5, 0.6) is 0 Å². The molecule has 0 aliphatic rings. The number of hydrogen-bond acceptors (Lipinski definition) is 3. The van der Waals surface area contributed by atoms with Gasteiger partial charge in [-0.15, -0.1) is 11.3 Å². The summed E-state index contributed by atoms with van der Waals surface area (Å²) < 4.78 is 8.38. The van der Waals surface area contributed by atoms with E-state index in [-0.39, 0.29) is 0 Å². The Bertz CT molecular complexity index is 4310. The molecule has 0 N–H and O–H groups in total. The minimum Gasteiger partial charge on any atom is -0.309 e. The van der Waals surface area contributed by atoms with Crippen molar-refractivity contribution in [2.24, 2.45) is 0 Å². The number of rotatable bonds is 6. The molecule has 0 atom stereocenters. The number of aromatic nitrogens is 5. The maximum Gasteiger partial charge on any atom is 0.236 e. The number of para-hydroxylation sites is 4. The highest BCUT2D eigenvalue weighted by molar-refractivity contribution is 7.25. The van der Waals surface area contributed by atoms with Crippen LogP contribution < -0.4 is 0 Å². The molecule has 0 radical (unpaired) electrons. The minimum absolute atomic E-state index is 0.655. The van der Waals surface area contributed by atoms with Gasteiger partial charge >= 0.3 is 0 Å². The third kappa shape index (κ3) is 5.03. The number of thiophene rings is 1. The summed E-state index contributed by atoms with van der Waals surface area (Å²) >= 11 is 1.73. The SMILES string of the molecule is C=C/C(=C\c1c(C)c2cc3c4ccccc4n(-c4nc(-c5ccc6c7ccccc7n(-c7ccccc7)c6c5)c5c(n4)sc4ccccc45)c3c3c4ccccc4n1c23)c1ccccc1. The van der Waals surface area contributed by atoms with Crippen molar-refractivity contribution in [1.29, 1.82) is 0 Å². The van der Waals surface area contributed by atoms with E-state index in [1.165, 1.54) is 59.0 Å². The third-order valence-electron chi connectivity index (χ3n) is 13.6. The Balaban J connectivity index is 1.10. The quantitative estimate of drug-likeness (QED) is 0.156. The van der Waals surface area contributed by atoms with Gasteiger partial charge in [0.05, 0.1) is 44.5 Å². The predicted octanol–water partition coefficient (Wildman–Crippen LogP) is 15.7. The van der Waals surface area contributed by atoms with E-state index < -0.39 is 0 Å². The lowest BCUT2D eigenvalue weighted by atomic mass is 10.0. The van der Waals surface area contributed by atoms with Gasteiger partial charge in [0.2, 0.25) is 5.95 Å². The first kappa shape index (κ1) is 36.2. The van der Waals surface area contributed by atoms with Crippen LogP contribution in [0.1, 0.15) is 16.8 Å². The van der Waals surface area contributed by atoms with Crippen molar-refractivity contribution in [2.75, 3.05) is 0 Å². The Kier molecular flexibility index (Phi) is 7.57. The van der Waals surface area contributed by atoms with Gasteiger partial charge in [-0.05, 0) is 78.2 Å². The smallest absolute Gasteiger partial charge is 0.236 e. The average Bonchev–Trinajstić information content (AvgIpc) is 4.15. The van der Waals surface area contributed by atoms with Gasteiger partial charge in [0, 0.05) is 64.4 Å². The molecule has 0 bridgehead atoms. The molecule has 0 saturated carbocycles. The lowest BCUT2D eigenvalue weighted by Crippen LogP contribution is -2.03. The van der Waals surface area contributed by atoms with Crippen LogP contribution in [0.4, 0.5) is 0 Å². The van der Waals surface area contributed by atoms with E-state index in [9.17, 15) is 0 Å². The van der Waals surface area contributed by atoms with Crippen LogP contribution >= 0.6 is 11.3 Å². The lowest BCUT2D eigenvalue weighted by molar-refractivity contribution is 1.02. The van der Waals surface area contributed by atoms with Gasteiger partial charge < -0.3 is 8.97 Å². The molecular weight excluding hydrogens is 811 g/mol. The summed E-state index contributed by atoms with van der Waals surface area (Å²) in [5.74, 6) is 0.655.